The predicted molar refractivity (Wildman–Crippen MR) is 90.2 cm³/mol. The second kappa shape index (κ2) is 7.99. The van der Waals surface area contributed by atoms with Crippen LogP contribution < -0.4 is 4.74 Å². The van der Waals surface area contributed by atoms with E-state index in [2.05, 4.69) is 15.9 Å². The van der Waals surface area contributed by atoms with Crippen LogP contribution in [0.2, 0.25) is 0 Å². The molecule has 0 amide bonds. The number of carbonyl (C=O) groups excluding carboxylic acids is 1. The first-order valence-electron chi connectivity index (χ1n) is 7.26. The Balaban J connectivity index is 2.19. The molecule has 2 aromatic rings. The van der Waals surface area contributed by atoms with Crippen LogP contribution >= 0.6 is 15.9 Å². The fraction of sp³-hybridized carbons (Fsp3) is 0.278. The molecule has 4 heteroatoms. The number of esters is 1. The van der Waals surface area contributed by atoms with Crippen molar-refractivity contribution in [3.8, 4) is 5.75 Å². The van der Waals surface area contributed by atoms with Crippen molar-refractivity contribution in [1.29, 1.82) is 0 Å². The van der Waals surface area contributed by atoms with Crippen molar-refractivity contribution in [2.24, 2.45) is 0 Å². The lowest BCUT2D eigenvalue weighted by molar-refractivity contribution is 0.0502. The minimum Gasteiger partial charge on any atom is -0.489 e. The first kappa shape index (κ1) is 16.6. The Hall–Kier alpha value is -1.81. The largest absolute Gasteiger partial charge is 0.489 e. The van der Waals surface area contributed by atoms with Gasteiger partial charge in [-0.05, 0) is 37.1 Å². The van der Waals surface area contributed by atoms with Gasteiger partial charge in [-0.2, -0.15) is 0 Å². The summed E-state index contributed by atoms with van der Waals surface area (Å²) in [5.74, 6) is 0.498. The highest BCUT2D eigenvalue weighted by molar-refractivity contribution is 9.10. The van der Waals surface area contributed by atoms with Gasteiger partial charge in [0.1, 0.15) is 12.4 Å². The quantitative estimate of drug-likeness (QED) is 0.685. The van der Waals surface area contributed by atoms with Gasteiger partial charge in [-0.25, -0.2) is 4.79 Å². The van der Waals surface area contributed by atoms with Gasteiger partial charge in [0.25, 0.3) is 0 Å². The van der Waals surface area contributed by atoms with E-state index in [0.29, 0.717) is 18.8 Å². The molecule has 0 saturated carbocycles. The molecule has 0 aliphatic carbocycles. The van der Waals surface area contributed by atoms with Crippen molar-refractivity contribution < 1.29 is 14.3 Å². The van der Waals surface area contributed by atoms with E-state index in [1.165, 1.54) is 0 Å². The number of para-hydroxylation sites is 1. The van der Waals surface area contributed by atoms with Crippen LogP contribution in [0.15, 0.2) is 46.9 Å². The molecule has 0 spiro atoms. The fourth-order valence-electron chi connectivity index (χ4n) is 2.04. The summed E-state index contributed by atoms with van der Waals surface area (Å²) in [4.78, 5) is 12.2. The Morgan fingerprint density at radius 2 is 1.91 bits per heavy atom. The lowest BCUT2D eigenvalue weighted by Crippen LogP contribution is -2.11. The van der Waals surface area contributed by atoms with Gasteiger partial charge in [-0.3, -0.25) is 0 Å². The van der Waals surface area contributed by atoms with Crippen molar-refractivity contribution in [3.63, 3.8) is 0 Å². The summed E-state index contributed by atoms with van der Waals surface area (Å²) >= 11 is 3.49. The third-order valence-electron chi connectivity index (χ3n) is 3.24. The zero-order chi connectivity index (χ0) is 15.9. The standard InChI is InChI=1S/C18H19BrO3/c1-3-11-21-18(20)14-8-6-9-16(19)15(14)12-22-17-10-5-4-7-13(17)2/h4-10H,3,11-12H2,1-2H3. The maximum atomic E-state index is 12.2. The van der Waals surface area contributed by atoms with Crippen LogP contribution in [0.1, 0.15) is 34.8 Å². The molecule has 0 N–H and O–H groups in total. The Labute approximate surface area is 139 Å². The van der Waals surface area contributed by atoms with Crippen LogP contribution in [0.5, 0.6) is 5.75 Å². The molecule has 0 atom stereocenters. The van der Waals surface area contributed by atoms with E-state index in [4.69, 9.17) is 9.47 Å². The second-order valence-electron chi connectivity index (χ2n) is 4.96. The molecule has 0 bridgehead atoms. The van der Waals surface area contributed by atoms with E-state index >= 15 is 0 Å². The molecule has 2 rings (SSSR count). The zero-order valence-electron chi connectivity index (χ0n) is 12.8. The molecule has 0 aliphatic rings. The lowest BCUT2D eigenvalue weighted by atomic mass is 10.1. The molecule has 22 heavy (non-hydrogen) atoms. The smallest absolute Gasteiger partial charge is 0.338 e. The van der Waals surface area contributed by atoms with Gasteiger partial charge < -0.3 is 9.47 Å². The van der Waals surface area contributed by atoms with Crippen LogP contribution in [0.25, 0.3) is 0 Å². The average molecular weight is 363 g/mol. The molecule has 0 aromatic heterocycles. The molecule has 0 unspecified atom stereocenters. The van der Waals surface area contributed by atoms with Gasteiger partial charge in [-0.15, -0.1) is 0 Å². The van der Waals surface area contributed by atoms with Gasteiger partial charge >= 0.3 is 5.97 Å². The molecule has 0 heterocycles. The topological polar surface area (TPSA) is 35.5 Å². The van der Waals surface area contributed by atoms with Crippen molar-refractivity contribution in [2.75, 3.05) is 6.61 Å². The summed E-state index contributed by atoms with van der Waals surface area (Å²) in [6.45, 7) is 4.69. The van der Waals surface area contributed by atoms with Crippen LogP contribution in [0, 0.1) is 6.92 Å². The molecule has 2 aromatic carbocycles. The van der Waals surface area contributed by atoms with E-state index in [9.17, 15) is 4.79 Å². The molecule has 0 saturated heterocycles. The first-order valence-corrected chi connectivity index (χ1v) is 8.05. The molecule has 0 radical (unpaired) electrons. The summed E-state index contributed by atoms with van der Waals surface area (Å²) in [6.07, 6.45) is 0.800. The minimum atomic E-state index is -0.313. The number of ether oxygens (including phenoxy) is 2. The van der Waals surface area contributed by atoms with Gasteiger partial charge in [-0.1, -0.05) is 47.1 Å². The maximum Gasteiger partial charge on any atom is 0.338 e. The van der Waals surface area contributed by atoms with Crippen molar-refractivity contribution in [1.82, 2.24) is 0 Å². The number of rotatable bonds is 6. The number of hydrogen-bond acceptors (Lipinski definition) is 3. The molecule has 116 valence electrons. The van der Waals surface area contributed by atoms with Gasteiger partial charge in [0.15, 0.2) is 0 Å². The summed E-state index contributed by atoms with van der Waals surface area (Å²) in [5, 5.41) is 0. The van der Waals surface area contributed by atoms with Crippen LogP contribution in [-0.4, -0.2) is 12.6 Å². The summed E-state index contributed by atoms with van der Waals surface area (Å²) in [5.41, 5.74) is 2.40. The van der Waals surface area contributed by atoms with E-state index < -0.39 is 0 Å². The number of aryl methyl sites for hydroxylation is 1. The van der Waals surface area contributed by atoms with Crippen molar-refractivity contribution >= 4 is 21.9 Å². The normalized spacial score (nSPS) is 10.3. The monoisotopic (exact) mass is 362 g/mol. The Kier molecular flexibility index (Phi) is 6.01. The Morgan fingerprint density at radius 1 is 1.14 bits per heavy atom. The lowest BCUT2D eigenvalue weighted by Gasteiger charge is -2.13. The summed E-state index contributed by atoms with van der Waals surface area (Å²) < 4.78 is 11.9. The number of hydrogen-bond donors (Lipinski definition) is 0. The van der Waals surface area contributed by atoms with Gasteiger partial charge in [0.05, 0.1) is 12.2 Å². The highest BCUT2D eigenvalue weighted by Gasteiger charge is 2.16. The molecular formula is C18H19BrO3. The molecular weight excluding hydrogens is 344 g/mol. The van der Waals surface area contributed by atoms with Gasteiger partial charge in [0.2, 0.25) is 0 Å². The molecule has 3 nitrogen and oxygen atoms in total. The Bertz CT molecular complexity index is 653. The minimum absolute atomic E-state index is 0.308. The zero-order valence-corrected chi connectivity index (χ0v) is 14.4. The average Bonchev–Trinajstić information content (AvgIpc) is 2.52. The Morgan fingerprint density at radius 3 is 2.64 bits per heavy atom. The van der Waals surface area contributed by atoms with Crippen LogP contribution in [0.4, 0.5) is 0 Å². The van der Waals surface area contributed by atoms with Crippen molar-refractivity contribution in [3.05, 3.63) is 63.6 Å². The SMILES string of the molecule is CCCOC(=O)c1cccc(Br)c1COc1ccccc1C. The number of benzene rings is 2. The van der Waals surface area contributed by atoms with Gasteiger partial charge in [0, 0.05) is 10.0 Å². The van der Waals surface area contributed by atoms with Crippen molar-refractivity contribution in [2.45, 2.75) is 26.9 Å². The summed E-state index contributed by atoms with van der Waals surface area (Å²) in [7, 11) is 0. The number of carbonyl (C=O) groups is 1. The molecule has 0 aliphatic heterocycles. The van der Waals surface area contributed by atoms with Crippen LogP contribution in [0.3, 0.4) is 0 Å². The van der Waals surface area contributed by atoms with E-state index in [1.54, 1.807) is 6.07 Å². The highest BCUT2D eigenvalue weighted by atomic mass is 79.9. The summed E-state index contributed by atoms with van der Waals surface area (Å²) in [6, 6.07) is 13.3. The third-order valence-corrected chi connectivity index (χ3v) is 3.98. The third kappa shape index (κ3) is 4.10. The highest BCUT2D eigenvalue weighted by Crippen LogP contribution is 2.25. The fourth-order valence-corrected chi connectivity index (χ4v) is 2.52. The predicted octanol–water partition coefficient (Wildman–Crippen LogP) is 4.90. The van der Waals surface area contributed by atoms with E-state index in [1.807, 2.05) is 50.2 Å². The van der Waals surface area contributed by atoms with E-state index in [0.717, 1.165) is 27.8 Å². The van der Waals surface area contributed by atoms with E-state index in [-0.39, 0.29) is 5.97 Å². The van der Waals surface area contributed by atoms with Crippen LogP contribution in [-0.2, 0) is 11.3 Å². The maximum absolute atomic E-state index is 12.2. The number of halogens is 1. The molecule has 0 fully saturated rings. The second-order valence-corrected chi connectivity index (χ2v) is 5.81. The first-order chi connectivity index (χ1) is 10.6.